The Morgan fingerprint density at radius 1 is 1.33 bits per heavy atom. The van der Waals surface area contributed by atoms with Crippen LogP contribution in [0, 0.1) is 0 Å². The molecule has 3 aromatic rings. The smallest absolute Gasteiger partial charge is 0.427 e. The van der Waals surface area contributed by atoms with Crippen LogP contribution in [0.3, 0.4) is 0 Å². The van der Waals surface area contributed by atoms with Crippen molar-refractivity contribution in [2.24, 2.45) is 5.10 Å². The molecule has 0 saturated carbocycles. The van der Waals surface area contributed by atoms with Crippen LogP contribution >= 0.6 is 11.3 Å². The molecule has 1 amide bonds. The molecular weight excluding hydrogens is 324 g/mol. The summed E-state index contributed by atoms with van der Waals surface area (Å²) < 4.78 is 6.58. The van der Waals surface area contributed by atoms with Gasteiger partial charge in [0.25, 0.3) is 0 Å². The lowest BCUT2D eigenvalue weighted by atomic mass is 10.1. The van der Waals surface area contributed by atoms with Crippen LogP contribution in [0.25, 0.3) is 16.3 Å². The zero-order valence-corrected chi connectivity index (χ0v) is 13.9. The van der Waals surface area contributed by atoms with Gasteiger partial charge in [0, 0.05) is 17.3 Å². The summed E-state index contributed by atoms with van der Waals surface area (Å²) in [7, 11) is 0. The van der Waals surface area contributed by atoms with Crippen LogP contribution in [0.1, 0.15) is 12.5 Å². The number of benzene rings is 1. The lowest BCUT2D eigenvalue weighted by molar-refractivity contribution is 0.152. The van der Waals surface area contributed by atoms with Gasteiger partial charge in [0.2, 0.25) is 0 Å². The van der Waals surface area contributed by atoms with E-state index < -0.39 is 6.09 Å². The quantitative estimate of drug-likeness (QED) is 0.569. The van der Waals surface area contributed by atoms with E-state index in [0.717, 1.165) is 21.8 Å². The first-order valence-corrected chi connectivity index (χ1v) is 8.30. The summed E-state index contributed by atoms with van der Waals surface area (Å²) in [5.41, 5.74) is 4.89. The number of rotatable bonds is 5. The van der Waals surface area contributed by atoms with Gasteiger partial charge >= 0.3 is 6.09 Å². The highest BCUT2D eigenvalue weighted by Crippen LogP contribution is 2.23. The molecule has 7 heteroatoms. The van der Waals surface area contributed by atoms with E-state index in [1.165, 1.54) is 0 Å². The Labute approximate surface area is 143 Å². The first-order valence-electron chi connectivity index (χ1n) is 7.42. The van der Waals surface area contributed by atoms with Crippen molar-refractivity contribution in [1.29, 1.82) is 0 Å². The van der Waals surface area contributed by atoms with E-state index >= 15 is 0 Å². The molecule has 3 rings (SSSR count). The van der Waals surface area contributed by atoms with Crippen molar-refractivity contribution in [1.82, 2.24) is 15.2 Å². The molecule has 122 valence electrons. The van der Waals surface area contributed by atoms with Gasteiger partial charge in [-0.1, -0.05) is 30.3 Å². The molecule has 0 aliphatic carbocycles. The van der Waals surface area contributed by atoms with Crippen LogP contribution in [0.15, 0.2) is 59.1 Å². The van der Waals surface area contributed by atoms with Crippen LogP contribution in [0.2, 0.25) is 0 Å². The van der Waals surface area contributed by atoms with Gasteiger partial charge < -0.3 is 4.74 Å². The molecule has 1 N–H and O–H groups in total. The first kappa shape index (κ1) is 15.9. The molecule has 0 unspecified atom stereocenters. The second kappa shape index (κ2) is 7.56. The fourth-order valence-electron chi connectivity index (χ4n) is 2.13. The predicted molar refractivity (Wildman–Crippen MR) is 94.6 cm³/mol. The third kappa shape index (κ3) is 3.69. The summed E-state index contributed by atoms with van der Waals surface area (Å²) >= 11 is 1.59. The highest BCUT2D eigenvalue weighted by Gasteiger charge is 2.11. The van der Waals surface area contributed by atoms with Gasteiger partial charge in [-0.2, -0.15) is 10.2 Å². The molecule has 0 radical (unpaired) electrons. The maximum absolute atomic E-state index is 11.3. The lowest BCUT2D eigenvalue weighted by Gasteiger charge is -1.99. The van der Waals surface area contributed by atoms with Gasteiger partial charge in [-0.15, -0.1) is 11.3 Å². The van der Waals surface area contributed by atoms with Gasteiger partial charge in [0.05, 0.1) is 12.8 Å². The lowest BCUT2D eigenvalue weighted by Crippen LogP contribution is -2.18. The van der Waals surface area contributed by atoms with E-state index in [9.17, 15) is 4.79 Å². The SMILES string of the molecule is CCOC(=O)N/N=C/c1cn(-c2cccs2)nc1-c1ccccc1. The van der Waals surface area contributed by atoms with Crippen LogP contribution in [-0.2, 0) is 4.74 Å². The molecule has 0 aliphatic heterocycles. The Morgan fingerprint density at radius 2 is 2.17 bits per heavy atom. The Kier molecular flexibility index (Phi) is 5.02. The number of hydrazone groups is 1. The fraction of sp³-hybridized carbons (Fsp3) is 0.118. The number of thiophene rings is 1. The zero-order valence-electron chi connectivity index (χ0n) is 13.0. The van der Waals surface area contributed by atoms with Crippen molar-refractivity contribution in [2.75, 3.05) is 6.61 Å². The largest absolute Gasteiger partial charge is 0.449 e. The minimum absolute atomic E-state index is 0.299. The van der Waals surface area contributed by atoms with Gasteiger partial charge in [0.15, 0.2) is 0 Å². The number of nitrogens with one attached hydrogen (secondary N) is 1. The summed E-state index contributed by atoms with van der Waals surface area (Å²) in [5.74, 6) is 0. The minimum atomic E-state index is -0.583. The number of nitrogens with zero attached hydrogens (tertiary/aromatic N) is 3. The molecule has 1 aromatic carbocycles. The monoisotopic (exact) mass is 340 g/mol. The summed E-state index contributed by atoms with van der Waals surface area (Å²) in [6.07, 6.45) is 2.86. The standard InChI is InChI=1S/C17H16N4O2S/c1-2-23-17(22)19-18-11-14-12-21(15-9-6-10-24-15)20-16(14)13-7-4-3-5-8-13/h3-12H,2H2,1H3,(H,19,22)/b18-11+. The Bertz CT molecular complexity index is 826. The predicted octanol–water partition coefficient (Wildman–Crippen LogP) is 3.68. The molecular formula is C17H16N4O2S. The van der Waals surface area contributed by atoms with Crippen LogP contribution in [0.4, 0.5) is 4.79 Å². The zero-order chi connectivity index (χ0) is 16.8. The van der Waals surface area contributed by atoms with Crippen molar-refractivity contribution in [3.05, 3.63) is 59.6 Å². The van der Waals surface area contributed by atoms with Crippen LogP contribution < -0.4 is 5.43 Å². The van der Waals surface area contributed by atoms with Gasteiger partial charge in [-0.25, -0.2) is 14.9 Å². The average Bonchev–Trinajstić information content (AvgIpc) is 3.25. The normalized spacial score (nSPS) is 10.9. The number of ether oxygens (including phenoxy) is 1. The number of carbonyl (C=O) groups is 1. The molecule has 0 spiro atoms. The highest BCUT2D eigenvalue weighted by atomic mass is 32.1. The minimum Gasteiger partial charge on any atom is -0.449 e. The maximum atomic E-state index is 11.3. The van der Waals surface area contributed by atoms with Gasteiger partial charge in [-0.3, -0.25) is 0 Å². The highest BCUT2D eigenvalue weighted by molar-refractivity contribution is 7.12. The van der Waals surface area contributed by atoms with Gasteiger partial charge in [-0.05, 0) is 24.4 Å². The summed E-state index contributed by atoms with van der Waals surface area (Å²) in [4.78, 5) is 11.3. The van der Waals surface area contributed by atoms with Gasteiger partial charge in [0.1, 0.15) is 10.7 Å². The van der Waals surface area contributed by atoms with Crippen molar-refractivity contribution in [2.45, 2.75) is 6.92 Å². The second-order valence-corrected chi connectivity index (χ2v) is 5.71. The Hall–Kier alpha value is -2.93. The number of carbonyl (C=O) groups excluding carboxylic acids is 1. The molecule has 0 fully saturated rings. The molecule has 24 heavy (non-hydrogen) atoms. The third-order valence-electron chi connectivity index (χ3n) is 3.16. The van der Waals surface area contributed by atoms with Crippen LogP contribution in [-0.4, -0.2) is 28.7 Å². The molecule has 2 aromatic heterocycles. The van der Waals surface area contributed by atoms with E-state index in [1.807, 2.05) is 54.0 Å². The molecule has 0 atom stereocenters. The van der Waals surface area contributed by atoms with E-state index in [4.69, 9.17) is 4.74 Å². The number of aromatic nitrogens is 2. The fourth-order valence-corrected chi connectivity index (χ4v) is 2.79. The third-order valence-corrected chi connectivity index (χ3v) is 4.01. The molecule has 0 bridgehead atoms. The number of hydrogen-bond acceptors (Lipinski definition) is 5. The Balaban J connectivity index is 1.91. The van der Waals surface area contributed by atoms with Crippen molar-refractivity contribution < 1.29 is 9.53 Å². The topological polar surface area (TPSA) is 68.5 Å². The van der Waals surface area contributed by atoms with Crippen molar-refractivity contribution in [3.63, 3.8) is 0 Å². The van der Waals surface area contributed by atoms with E-state index in [0.29, 0.717) is 6.61 Å². The maximum Gasteiger partial charge on any atom is 0.427 e. The summed E-state index contributed by atoms with van der Waals surface area (Å²) in [5, 5.41) is 11.6. The number of hydrogen-bond donors (Lipinski definition) is 1. The molecule has 0 saturated heterocycles. The summed E-state index contributed by atoms with van der Waals surface area (Å²) in [6.45, 7) is 2.04. The number of amides is 1. The average molecular weight is 340 g/mol. The molecule has 6 nitrogen and oxygen atoms in total. The Morgan fingerprint density at radius 3 is 2.88 bits per heavy atom. The van der Waals surface area contributed by atoms with Crippen molar-refractivity contribution in [3.8, 4) is 16.3 Å². The summed E-state index contributed by atoms with van der Waals surface area (Å²) in [6, 6.07) is 13.8. The second-order valence-electron chi connectivity index (χ2n) is 4.79. The van der Waals surface area contributed by atoms with E-state index in [-0.39, 0.29) is 0 Å². The molecule has 2 heterocycles. The molecule has 0 aliphatic rings. The van der Waals surface area contributed by atoms with E-state index in [2.05, 4.69) is 15.6 Å². The first-order chi connectivity index (χ1) is 11.8. The van der Waals surface area contributed by atoms with Crippen molar-refractivity contribution >= 4 is 23.6 Å². The van der Waals surface area contributed by atoms with E-state index in [1.54, 1.807) is 29.2 Å². The van der Waals surface area contributed by atoms with Crippen LogP contribution in [0.5, 0.6) is 0 Å².